The summed E-state index contributed by atoms with van der Waals surface area (Å²) in [6.07, 6.45) is 11.9. The lowest BCUT2D eigenvalue weighted by Gasteiger charge is -2.44. The number of hydrogen-bond acceptors (Lipinski definition) is 5. The molecule has 0 unspecified atom stereocenters. The van der Waals surface area contributed by atoms with E-state index in [1.165, 1.54) is 25.8 Å². The molecule has 1 aromatic heterocycles. The third-order valence-electron chi connectivity index (χ3n) is 9.49. The molecule has 39 heavy (non-hydrogen) atoms. The van der Waals surface area contributed by atoms with Gasteiger partial charge in [-0.2, -0.15) is 5.10 Å². The van der Waals surface area contributed by atoms with Crippen molar-refractivity contribution in [3.8, 4) is 0 Å². The third kappa shape index (κ3) is 4.25. The van der Waals surface area contributed by atoms with Crippen LogP contribution in [0.25, 0.3) is 10.8 Å². The molecular formula is C31H35N5O3. The van der Waals surface area contributed by atoms with Gasteiger partial charge in [0.05, 0.1) is 17.9 Å². The van der Waals surface area contributed by atoms with Crippen molar-refractivity contribution < 1.29 is 14.4 Å². The number of amides is 3. The molecule has 8 nitrogen and oxygen atoms in total. The van der Waals surface area contributed by atoms with Crippen LogP contribution in [0.4, 0.5) is 5.69 Å². The van der Waals surface area contributed by atoms with Crippen molar-refractivity contribution in [1.29, 1.82) is 0 Å². The number of benzene rings is 2. The molecule has 8 heteroatoms. The van der Waals surface area contributed by atoms with Crippen molar-refractivity contribution in [2.75, 3.05) is 24.5 Å². The van der Waals surface area contributed by atoms with Crippen LogP contribution in [0.2, 0.25) is 0 Å². The number of hydrogen-bond donors (Lipinski definition) is 1. The van der Waals surface area contributed by atoms with Crippen molar-refractivity contribution in [3.63, 3.8) is 0 Å². The molecule has 0 spiro atoms. The minimum Gasteiger partial charge on any atom is -0.303 e. The second kappa shape index (κ2) is 9.30. The number of imide groups is 1. The number of aromatic nitrogens is 2. The van der Waals surface area contributed by atoms with Crippen LogP contribution < -0.4 is 10.2 Å². The van der Waals surface area contributed by atoms with E-state index in [2.05, 4.69) is 40.2 Å². The Morgan fingerprint density at radius 1 is 1.05 bits per heavy atom. The lowest BCUT2D eigenvalue weighted by molar-refractivity contribution is -0.134. The number of nitrogens with one attached hydrogen (secondary N) is 1. The lowest BCUT2D eigenvalue weighted by atomic mass is 9.70. The SMILES string of the molecule is CC1(CN2CCC(n3cc(Cc4ccc5c6c(cccc46)C(=O)N5[C@@H]4CCC(=O)NC4=O)cn3)CC2)CCC1. The van der Waals surface area contributed by atoms with Crippen LogP contribution in [0.5, 0.6) is 0 Å². The van der Waals surface area contributed by atoms with E-state index >= 15 is 0 Å². The third-order valence-corrected chi connectivity index (χ3v) is 9.49. The minimum absolute atomic E-state index is 0.173. The highest BCUT2D eigenvalue weighted by atomic mass is 16.2. The van der Waals surface area contributed by atoms with E-state index in [9.17, 15) is 14.4 Å². The number of carbonyl (C=O) groups is 3. The Morgan fingerprint density at radius 3 is 2.62 bits per heavy atom. The predicted molar refractivity (Wildman–Crippen MR) is 149 cm³/mol. The number of likely N-dealkylation sites (tertiary alicyclic amines) is 1. The zero-order valence-electron chi connectivity index (χ0n) is 22.5. The summed E-state index contributed by atoms with van der Waals surface area (Å²) in [5.41, 5.74) is 4.20. The lowest BCUT2D eigenvalue weighted by Crippen LogP contribution is -2.53. The second-order valence-corrected chi connectivity index (χ2v) is 12.3. The highest BCUT2D eigenvalue weighted by Gasteiger charge is 2.41. The van der Waals surface area contributed by atoms with Gasteiger partial charge in [-0.3, -0.25) is 29.3 Å². The van der Waals surface area contributed by atoms with Crippen LogP contribution >= 0.6 is 0 Å². The summed E-state index contributed by atoms with van der Waals surface area (Å²) in [5, 5.41) is 9.07. The van der Waals surface area contributed by atoms with Crippen molar-refractivity contribution in [2.24, 2.45) is 5.41 Å². The van der Waals surface area contributed by atoms with Gasteiger partial charge in [-0.25, -0.2) is 0 Å². The monoisotopic (exact) mass is 525 g/mol. The number of piperidine rings is 2. The average molecular weight is 526 g/mol. The van der Waals surface area contributed by atoms with Gasteiger partial charge >= 0.3 is 0 Å². The molecular weight excluding hydrogens is 490 g/mol. The van der Waals surface area contributed by atoms with Crippen LogP contribution in [0.1, 0.15) is 79.4 Å². The maximum absolute atomic E-state index is 13.4. The summed E-state index contributed by atoms with van der Waals surface area (Å²) in [6.45, 7) is 5.95. The summed E-state index contributed by atoms with van der Waals surface area (Å²) in [6, 6.07) is 9.60. The van der Waals surface area contributed by atoms with Crippen molar-refractivity contribution >= 4 is 34.2 Å². The van der Waals surface area contributed by atoms with E-state index in [1.54, 1.807) is 4.90 Å². The smallest absolute Gasteiger partial charge is 0.259 e. The Bertz CT molecular complexity index is 1480. The molecule has 0 bridgehead atoms. The maximum Gasteiger partial charge on any atom is 0.259 e. The van der Waals surface area contributed by atoms with Crippen molar-refractivity contribution in [3.05, 3.63) is 59.4 Å². The Balaban J connectivity index is 1.09. The van der Waals surface area contributed by atoms with Gasteiger partial charge in [0.2, 0.25) is 11.8 Å². The zero-order valence-corrected chi connectivity index (χ0v) is 22.5. The van der Waals surface area contributed by atoms with Crippen molar-refractivity contribution in [2.45, 2.75) is 70.4 Å². The molecule has 7 rings (SSSR count). The van der Waals surface area contributed by atoms with Gasteiger partial charge in [-0.15, -0.1) is 0 Å². The van der Waals surface area contributed by atoms with E-state index in [1.807, 2.05) is 24.4 Å². The Hall–Kier alpha value is -3.52. The Kier molecular flexibility index (Phi) is 5.84. The van der Waals surface area contributed by atoms with E-state index in [-0.39, 0.29) is 18.2 Å². The number of rotatable bonds is 6. The molecule has 0 radical (unpaired) electrons. The molecule has 3 amide bonds. The highest BCUT2D eigenvalue weighted by Crippen LogP contribution is 2.42. The largest absolute Gasteiger partial charge is 0.303 e. The average Bonchev–Trinajstić information content (AvgIpc) is 3.49. The standard InChI is InChI=1S/C31H35N5O3/c1-31(12-3-13-31)19-34-14-10-22(11-15-34)35-18-20(17-32-35)16-21-6-7-25-28-23(21)4-2-5-24(28)30(39)36(25)26-8-9-27(37)33-29(26)38/h2,4-7,17-18,22,26H,3,8-16,19H2,1H3,(H,33,37,38)/t26-/m1/s1. The van der Waals surface area contributed by atoms with Crippen molar-refractivity contribution in [1.82, 2.24) is 20.0 Å². The fraction of sp³-hybridized carbons (Fsp3) is 0.484. The van der Waals surface area contributed by atoms with Crippen LogP contribution in [0.3, 0.4) is 0 Å². The first kappa shape index (κ1) is 24.5. The van der Waals surface area contributed by atoms with Gasteiger partial charge in [0.25, 0.3) is 5.91 Å². The predicted octanol–water partition coefficient (Wildman–Crippen LogP) is 4.22. The van der Waals surface area contributed by atoms with Gasteiger partial charge in [0, 0.05) is 49.6 Å². The topological polar surface area (TPSA) is 87.5 Å². The van der Waals surface area contributed by atoms with E-state index < -0.39 is 11.9 Å². The summed E-state index contributed by atoms with van der Waals surface area (Å²) in [4.78, 5) is 41.9. The first-order valence-electron chi connectivity index (χ1n) is 14.4. The molecule has 1 atom stereocenters. The van der Waals surface area contributed by atoms with Crippen LogP contribution in [0, 0.1) is 5.41 Å². The summed E-state index contributed by atoms with van der Waals surface area (Å²) in [7, 11) is 0. The fourth-order valence-corrected chi connectivity index (χ4v) is 7.17. The molecule has 2 saturated heterocycles. The number of anilines is 1. The van der Waals surface area contributed by atoms with Gasteiger partial charge < -0.3 is 4.90 Å². The normalized spacial score (nSPS) is 23.4. The van der Waals surface area contributed by atoms with Crippen LogP contribution in [0.15, 0.2) is 42.7 Å². The molecule has 202 valence electrons. The minimum atomic E-state index is -0.669. The Morgan fingerprint density at radius 2 is 1.87 bits per heavy atom. The summed E-state index contributed by atoms with van der Waals surface area (Å²) in [5.74, 6) is -0.858. The molecule has 4 aliphatic rings. The second-order valence-electron chi connectivity index (χ2n) is 12.3. The molecule has 3 aliphatic heterocycles. The van der Waals surface area contributed by atoms with Gasteiger partial charge in [0.1, 0.15) is 6.04 Å². The van der Waals surface area contributed by atoms with E-state index in [0.29, 0.717) is 23.4 Å². The summed E-state index contributed by atoms with van der Waals surface area (Å²) >= 11 is 0. The number of carbonyl (C=O) groups excluding carboxylic acids is 3. The highest BCUT2D eigenvalue weighted by molar-refractivity contribution is 6.27. The molecule has 3 fully saturated rings. The fourth-order valence-electron chi connectivity index (χ4n) is 7.17. The molecule has 1 saturated carbocycles. The van der Waals surface area contributed by atoms with Gasteiger partial charge in [-0.05, 0) is 66.2 Å². The summed E-state index contributed by atoms with van der Waals surface area (Å²) < 4.78 is 2.16. The van der Waals surface area contributed by atoms with Gasteiger partial charge in [0.15, 0.2) is 0 Å². The van der Waals surface area contributed by atoms with E-state index in [0.717, 1.165) is 59.9 Å². The Labute approximate surface area is 228 Å². The maximum atomic E-state index is 13.4. The van der Waals surface area contributed by atoms with Gasteiger partial charge in [-0.1, -0.05) is 31.5 Å². The molecule has 3 aromatic rings. The zero-order chi connectivity index (χ0) is 26.7. The molecule has 2 aromatic carbocycles. The number of nitrogens with zero attached hydrogens (tertiary/aromatic N) is 4. The first-order valence-corrected chi connectivity index (χ1v) is 14.4. The quantitative estimate of drug-likeness (QED) is 0.487. The first-order chi connectivity index (χ1) is 18.9. The van der Waals surface area contributed by atoms with Crippen LogP contribution in [-0.2, 0) is 16.0 Å². The molecule has 1 aliphatic carbocycles. The van der Waals surface area contributed by atoms with Crippen LogP contribution in [-0.4, -0.2) is 58.1 Å². The molecule has 4 heterocycles. The van der Waals surface area contributed by atoms with E-state index in [4.69, 9.17) is 5.10 Å². The molecule has 1 N–H and O–H groups in total.